The molecular formula is C12H20N2O2S. The second-order valence-electron chi connectivity index (χ2n) is 4.80. The van der Waals surface area contributed by atoms with Crippen molar-refractivity contribution in [2.24, 2.45) is 11.7 Å². The van der Waals surface area contributed by atoms with Crippen molar-refractivity contribution in [2.75, 3.05) is 13.2 Å². The Bertz CT molecular complexity index is 322. The Labute approximate surface area is 107 Å². The second kappa shape index (κ2) is 5.31. The molecule has 2 aliphatic heterocycles. The second-order valence-corrected chi connectivity index (χ2v) is 5.28. The average Bonchev–Trinajstić information content (AvgIpc) is 2.96. The predicted octanol–water partition coefficient (Wildman–Crippen LogP) is 1.08. The SMILES string of the molecule is CCC1OCCC1C(=O)N1CCCC1C(N)=S. The Morgan fingerprint density at radius 2 is 2.29 bits per heavy atom. The van der Waals surface area contributed by atoms with Gasteiger partial charge in [-0.25, -0.2) is 0 Å². The van der Waals surface area contributed by atoms with Gasteiger partial charge in [0.2, 0.25) is 5.91 Å². The highest BCUT2D eigenvalue weighted by atomic mass is 32.1. The van der Waals surface area contributed by atoms with Crippen LogP contribution in [0.1, 0.15) is 32.6 Å². The topological polar surface area (TPSA) is 55.6 Å². The van der Waals surface area contributed by atoms with E-state index in [-0.39, 0.29) is 24.0 Å². The molecule has 0 aliphatic carbocycles. The highest BCUT2D eigenvalue weighted by molar-refractivity contribution is 7.80. The molecule has 17 heavy (non-hydrogen) atoms. The van der Waals surface area contributed by atoms with E-state index in [1.165, 1.54) is 0 Å². The van der Waals surface area contributed by atoms with E-state index in [1.54, 1.807) is 0 Å². The molecule has 2 rings (SSSR count). The van der Waals surface area contributed by atoms with Gasteiger partial charge >= 0.3 is 0 Å². The number of hydrogen-bond donors (Lipinski definition) is 1. The van der Waals surface area contributed by atoms with Crippen molar-refractivity contribution < 1.29 is 9.53 Å². The minimum Gasteiger partial charge on any atom is -0.392 e. The summed E-state index contributed by atoms with van der Waals surface area (Å²) in [6.45, 7) is 3.54. The van der Waals surface area contributed by atoms with Gasteiger partial charge in [0.15, 0.2) is 0 Å². The molecule has 0 aromatic carbocycles. The number of carbonyl (C=O) groups excluding carboxylic acids is 1. The molecule has 96 valence electrons. The lowest BCUT2D eigenvalue weighted by Crippen LogP contribution is -2.46. The van der Waals surface area contributed by atoms with Crippen LogP contribution < -0.4 is 5.73 Å². The van der Waals surface area contributed by atoms with Crippen molar-refractivity contribution in [3.8, 4) is 0 Å². The Balaban J connectivity index is 2.06. The highest BCUT2D eigenvalue weighted by Gasteiger charge is 2.39. The first-order valence-corrected chi connectivity index (χ1v) is 6.77. The summed E-state index contributed by atoms with van der Waals surface area (Å²) in [4.78, 5) is 14.8. The lowest BCUT2D eigenvalue weighted by molar-refractivity contribution is -0.137. The van der Waals surface area contributed by atoms with E-state index in [1.807, 2.05) is 4.90 Å². The predicted molar refractivity (Wildman–Crippen MR) is 69.7 cm³/mol. The molecule has 2 N–H and O–H groups in total. The van der Waals surface area contributed by atoms with E-state index in [4.69, 9.17) is 22.7 Å². The molecule has 1 amide bonds. The maximum atomic E-state index is 12.5. The fourth-order valence-electron chi connectivity index (χ4n) is 2.87. The molecule has 5 heteroatoms. The molecule has 2 fully saturated rings. The summed E-state index contributed by atoms with van der Waals surface area (Å²) >= 11 is 5.04. The van der Waals surface area contributed by atoms with Crippen molar-refractivity contribution >= 4 is 23.1 Å². The van der Waals surface area contributed by atoms with Crippen molar-refractivity contribution in [3.05, 3.63) is 0 Å². The Morgan fingerprint density at radius 3 is 2.94 bits per heavy atom. The summed E-state index contributed by atoms with van der Waals surface area (Å²) in [6.07, 6.45) is 3.71. The van der Waals surface area contributed by atoms with Crippen LogP contribution in [0, 0.1) is 5.92 Å². The van der Waals surface area contributed by atoms with Gasteiger partial charge < -0.3 is 15.4 Å². The van der Waals surface area contributed by atoms with E-state index in [0.717, 1.165) is 32.2 Å². The molecule has 0 saturated carbocycles. The zero-order valence-electron chi connectivity index (χ0n) is 10.2. The molecule has 3 unspecified atom stereocenters. The van der Waals surface area contributed by atoms with Crippen LogP contribution in [0.4, 0.5) is 0 Å². The number of hydrogen-bond acceptors (Lipinski definition) is 3. The quantitative estimate of drug-likeness (QED) is 0.768. The van der Waals surface area contributed by atoms with Crippen LogP contribution in [0.25, 0.3) is 0 Å². The largest absolute Gasteiger partial charge is 0.392 e. The maximum Gasteiger partial charge on any atom is 0.228 e. The van der Waals surface area contributed by atoms with Crippen LogP contribution in [-0.4, -0.2) is 41.1 Å². The first kappa shape index (κ1) is 12.8. The normalized spacial score (nSPS) is 33.0. The number of ether oxygens (including phenoxy) is 1. The van der Waals surface area contributed by atoms with E-state index in [9.17, 15) is 4.79 Å². The zero-order valence-corrected chi connectivity index (χ0v) is 11.0. The first-order chi connectivity index (χ1) is 8.15. The van der Waals surface area contributed by atoms with Gasteiger partial charge in [-0.2, -0.15) is 0 Å². The number of nitrogens with zero attached hydrogens (tertiary/aromatic N) is 1. The molecule has 0 bridgehead atoms. The lowest BCUT2D eigenvalue weighted by Gasteiger charge is -2.28. The lowest BCUT2D eigenvalue weighted by atomic mass is 9.97. The molecule has 2 aliphatic rings. The number of nitrogens with two attached hydrogens (primary N) is 1. The standard InChI is InChI=1S/C12H20N2O2S/c1-2-10-8(5-7-16-10)12(15)14-6-3-4-9(14)11(13)17/h8-10H,2-7H2,1H3,(H2,13,17). The molecule has 3 atom stereocenters. The van der Waals surface area contributed by atoms with Crippen molar-refractivity contribution in [1.29, 1.82) is 0 Å². The summed E-state index contributed by atoms with van der Waals surface area (Å²) in [7, 11) is 0. The van der Waals surface area contributed by atoms with Gasteiger partial charge in [0.25, 0.3) is 0 Å². The molecule has 2 heterocycles. The minimum atomic E-state index is -0.0318. The molecule has 4 nitrogen and oxygen atoms in total. The van der Waals surface area contributed by atoms with Gasteiger partial charge in [-0.3, -0.25) is 4.79 Å². The van der Waals surface area contributed by atoms with E-state index < -0.39 is 0 Å². The van der Waals surface area contributed by atoms with Crippen LogP contribution in [0.5, 0.6) is 0 Å². The van der Waals surface area contributed by atoms with Crippen molar-refractivity contribution in [1.82, 2.24) is 4.90 Å². The van der Waals surface area contributed by atoms with Gasteiger partial charge in [0.05, 0.1) is 23.1 Å². The zero-order chi connectivity index (χ0) is 12.4. The van der Waals surface area contributed by atoms with Gasteiger partial charge in [0.1, 0.15) is 0 Å². The number of rotatable bonds is 3. The average molecular weight is 256 g/mol. The Kier molecular flexibility index (Phi) is 3.99. The molecule has 0 aromatic rings. The fourth-order valence-corrected chi connectivity index (χ4v) is 3.12. The van der Waals surface area contributed by atoms with E-state index >= 15 is 0 Å². The van der Waals surface area contributed by atoms with Crippen molar-refractivity contribution in [3.63, 3.8) is 0 Å². The Hall–Kier alpha value is -0.680. The minimum absolute atomic E-state index is 0.00921. The third-order valence-electron chi connectivity index (χ3n) is 3.79. The van der Waals surface area contributed by atoms with E-state index in [2.05, 4.69) is 6.92 Å². The number of amides is 1. The van der Waals surface area contributed by atoms with Crippen LogP contribution >= 0.6 is 12.2 Å². The van der Waals surface area contributed by atoms with Crippen LogP contribution in [-0.2, 0) is 9.53 Å². The highest BCUT2D eigenvalue weighted by Crippen LogP contribution is 2.28. The molecule has 0 aromatic heterocycles. The summed E-state index contributed by atoms with van der Waals surface area (Å²) in [5.41, 5.74) is 5.70. The Morgan fingerprint density at radius 1 is 1.53 bits per heavy atom. The number of carbonyl (C=O) groups is 1. The van der Waals surface area contributed by atoms with Gasteiger partial charge in [-0.05, 0) is 25.7 Å². The van der Waals surface area contributed by atoms with Crippen molar-refractivity contribution in [2.45, 2.75) is 44.8 Å². The third kappa shape index (κ3) is 2.45. The monoisotopic (exact) mass is 256 g/mol. The van der Waals surface area contributed by atoms with E-state index in [0.29, 0.717) is 11.6 Å². The van der Waals surface area contributed by atoms with Crippen LogP contribution in [0.15, 0.2) is 0 Å². The molecular weight excluding hydrogens is 236 g/mol. The summed E-state index contributed by atoms with van der Waals surface area (Å²) in [5.74, 6) is 0.194. The summed E-state index contributed by atoms with van der Waals surface area (Å²) < 4.78 is 5.58. The van der Waals surface area contributed by atoms with Crippen LogP contribution in [0.3, 0.4) is 0 Å². The fraction of sp³-hybridized carbons (Fsp3) is 0.833. The summed E-state index contributed by atoms with van der Waals surface area (Å²) in [5, 5.41) is 0. The summed E-state index contributed by atoms with van der Waals surface area (Å²) in [6, 6.07) is -0.0318. The van der Waals surface area contributed by atoms with Gasteiger partial charge in [-0.15, -0.1) is 0 Å². The number of likely N-dealkylation sites (tertiary alicyclic amines) is 1. The third-order valence-corrected chi connectivity index (χ3v) is 4.07. The molecule has 0 radical (unpaired) electrons. The van der Waals surface area contributed by atoms with Crippen LogP contribution in [0.2, 0.25) is 0 Å². The first-order valence-electron chi connectivity index (χ1n) is 6.36. The van der Waals surface area contributed by atoms with Gasteiger partial charge in [-0.1, -0.05) is 19.1 Å². The smallest absolute Gasteiger partial charge is 0.228 e. The maximum absolute atomic E-state index is 12.5. The van der Waals surface area contributed by atoms with Gasteiger partial charge in [0, 0.05) is 13.2 Å². The molecule has 0 spiro atoms. The number of thiocarbonyl (C=S) groups is 1. The molecule has 2 saturated heterocycles.